The fourth-order valence-electron chi connectivity index (χ4n) is 4.64. The van der Waals surface area contributed by atoms with Crippen molar-refractivity contribution >= 4 is 5.91 Å². The van der Waals surface area contributed by atoms with Crippen molar-refractivity contribution in [2.45, 2.75) is 38.6 Å². The summed E-state index contributed by atoms with van der Waals surface area (Å²) in [5.41, 5.74) is 0.164. The number of hydrogen-bond donors (Lipinski definition) is 2. The Labute approximate surface area is 150 Å². The fourth-order valence-corrected chi connectivity index (χ4v) is 4.64. The molecule has 4 unspecified atom stereocenters. The smallest absolute Gasteiger partial charge is 0.263 e. The molecule has 1 aliphatic heterocycles. The van der Waals surface area contributed by atoms with E-state index in [-0.39, 0.29) is 11.5 Å². The largest absolute Gasteiger partial charge is 0.387 e. The van der Waals surface area contributed by atoms with E-state index >= 15 is 0 Å². The number of nitrogens with one attached hydrogen (secondary N) is 2. The normalized spacial score (nSPS) is 30.7. The van der Waals surface area contributed by atoms with E-state index in [1.807, 2.05) is 6.07 Å². The molecule has 6 nitrogen and oxygen atoms in total. The average Bonchev–Trinajstić information content (AvgIpc) is 3.26. The van der Waals surface area contributed by atoms with Crippen LogP contribution in [0.2, 0.25) is 0 Å². The first kappa shape index (κ1) is 18.2. The standard InChI is InChI=1S/C19H30N4O2/c1-14(18-11-15-2-3-16(18)10-15)22-13-17(12-20)19(24)21-4-5-23-6-8-25-9-7-23/h13-16,18,22H,2-11H2,1H3,(H,21,24)/b17-13-. The molecule has 25 heavy (non-hydrogen) atoms. The second kappa shape index (κ2) is 8.68. The molecule has 0 radical (unpaired) electrons. The van der Waals surface area contributed by atoms with Crippen molar-refractivity contribution in [3.63, 3.8) is 0 Å². The lowest BCUT2D eigenvalue weighted by Gasteiger charge is -2.28. The highest BCUT2D eigenvalue weighted by Crippen LogP contribution is 2.49. The molecule has 2 N–H and O–H groups in total. The Morgan fingerprint density at radius 3 is 2.80 bits per heavy atom. The van der Waals surface area contributed by atoms with Crippen LogP contribution in [0, 0.1) is 29.1 Å². The summed E-state index contributed by atoms with van der Waals surface area (Å²) in [6.45, 7) is 6.83. The number of rotatable bonds is 7. The highest BCUT2D eigenvalue weighted by atomic mass is 16.5. The first-order chi connectivity index (χ1) is 12.2. The topological polar surface area (TPSA) is 77.4 Å². The molecular formula is C19H30N4O2. The Balaban J connectivity index is 1.41. The van der Waals surface area contributed by atoms with E-state index in [0.29, 0.717) is 18.5 Å². The number of fused-ring (bicyclic) bond motifs is 2. The van der Waals surface area contributed by atoms with Crippen LogP contribution in [0.25, 0.3) is 0 Å². The van der Waals surface area contributed by atoms with Gasteiger partial charge in [-0.25, -0.2) is 0 Å². The van der Waals surface area contributed by atoms with Crippen molar-refractivity contribution in [3.05, 3.63) is 11.8 Å². The average molecular weight is 346 g/mol. The molecule has 3 fully saturated rings. The Kier molecular flexibility index (Phi) is 6.33. The maximum Gasteiger partial charge on any atom is 0.263 e. The monoisotopic (exact) mass is 346 g/mol. The van der Waals surface area contributed by atoms with Gasteiger partial charge in [0.1, 0.15) is 11.6 Å². The van der Waals surface area contributed by atoms with Gasteiger partial charge in [-0.3, -0.25) is 9.69 Å². The molecule has 1 heterocycles. The van der Waals surface area contributed by atoms with E-state index in [4.69, 9.17) is 4.74 Å². The third-order valence-electron chi connectivity index (χ3n) is 6.11. The lowest BCUT2D eigenvalue weighted by atomic mass is 9.84. The molecular weight excluding hydrogens is 316 g/mol. The maximum atomic E-state index is 12.2. The Bertz CT molecular complexity index is 536. The zero-order valence-electron chi connectivity index (χ0n) is 15.2. The fraction of sp³-hybridized carbons (Fsp3) is 0.789. The third-order valence-corrected chi connectivity index (χ3v) is 6.11. The Morgan fingerprint density at radius 1 is 1.36 bits per heavy atom. The molecule has 0 aromatic rings. The molecule has 3 aliphatic rings. The van der Waals surface area contributed by atoms with Crippen molar-refractivity contribution in [1.82, 2.24) is 15.5 Å². The number of morpholine rings is 1. The van der Waals surface area contributed by atoms with Gasteiger partial charge in [-0.2, -0.15) is 5.26 Å². The summed E-state index contributed by atoms with van der Waals surface area (Å²) in [4.78, 5) is 14.5. The molecule has 1 amide bonds. The van der Waals surface area contributed by atoms with Gasteiger partial charge in [0.05, 0.1) is 13.2 Å². The molecule has 2 aliphatic carbocycles. The van der Waals surface area contributed by atoms with E-state index in [0.717, 1.165) is 44.7 Å². The maximum absolute atomic E-state index is 12.2. The van der Waals surface area contributed by atoms with Gasteiger partial charge < -0.3 is 15.4 Å². The van der Waals surface area contributed by atoms with E-state index in [9.17, 15) is 10.1 Å². The Hall–Kier alpha value is -1.58. The first-order valence-corrected chi connectivity index (χ1v) is 9.62. The van der Waals surface area contributed by atoms with Crippen LogP contribution in [0.3, 0.4) is 0 Å². The minimum Gasteiger partial charge on any atom is -0.387 e. The van der Waals surface area contributed by atoms with Crippen LogP contribution >= 0.6 is 0 Å². The van der Waals surface area contributed by atoms with Gasteiger partial charge in [0.2, 0.25) is 0 Å². The van der Waals surface area contributed by atoms with Gasteiger partial charge in [-0.15, -0.1) is 0 Å². The number of nitrogens with zero attached hydrogens (tertiary/aromatic N) is 2. The summed E-state index contributed by atoms with van der Waals surface area (Å²) in [6.07, 6.45) is 7.01. The van der Waals surface area contributed by atoms with Crippen molar-refractivity contribution < 1.29 is 9.53 Å². The van der Waals surface area contributed by atoms with Crippen molar-refractivity contribution in [1.29, 1.82) is 5.26 Å². The van der Waals surface area contributed by atoms with Gasteiger partial charge in [-0.1, -0.05) is 6.42 Å². The third kappa shape index (κ3) is 4.74. The highest BCUT2D eigenvalue weighted by molar-refractivity contribution is 5.97. The summed E-state index contributed by atoms with van der Waals surface area (Å²) in [5, 5.41) is 15.4. The summed E-state index contributed by atoms with van der Waals surface area (Å²) < 4.78 is 5.31. The molecule has 2 bridgehead atoms. The number of carbonyl (C=O) groups excluding carboxylic acids is 1. The molecule has 4 atom stereocenters. The van der Waals surface area contributed by atoms with Gasteiger partial charge in [-0.05, 0) is 43.9 Å². The van der Waals surface area contributed by atoms with Gasteiger partial charge in [0.15, 0.2) is 0 Å². The highest BCUT2D eigenvalue weighted by Gasteiger charge is 2.41. The second-order valence-corrected chi connectivity index (χ2v) is 7.67. The zero-order valence-corrected chi connectivity index (χ0v) is 15.2. The van der Waals surface area contributed by atoms with E-state index < -0.39 is 0 Å². The molecule has 6 heteroatoms. The minimum atomic E-state index is -0.289. The quantitative estimate of drug-likeness (QED) is 0.536. The Morgan fingerprint density at radius 2 is 2.16 bits per heavy atom. The van der Waals surface area contributed by atoms with Crippen LogP contribution in [0.15, 0.2) is 11.8 Å². The zero-order chi connectivity index (χ0) is 17.6. The van der Waals surface area contributed by atoms with Crippen LogP contribution in [0.4, 0.5) is 0 Å². The van der Waals surface area contributed by atoms with Crippen LogP contribution in [-0.4, -0.2) is 56.2 Å². The molecule has 3 rings (SSSR count). The van der Waals surface area contributed by atoms with E-state index in [2.05, 4.69) is 22.5 Å². The lowest BCUT2D eigenvalue weighted by Crippen LogP contribution is -2.41. The molecule has 0 aromatic heterocycles. The number of ether oxygens (including phenoxy) is 1. The molecule has 0 spiro atoms. The summed E-state index contributed by atoms with van der Waals surface area (Å²) in [7, 11) is 0. The summed E-state index contributed by atoms with van der Waals surface area (Å²) in [6, 6.07) is 2.34. The van der Waals surface area contributed by atoms with Crippen LogP contribution in [-0.2, 0) is 9.53 Å². The van der Waals surface area contributed by atoms with Gasteiger partial charge in [0, 0.05) is 38.4 Å². The molecule has 138 valence electrons. The molecule has 0 aromatic carbocycles. The first-order valence-electron chi connectivity index (χ1n) is 9.62. The SMILES string of the molecule is CC(N/C=C(/C#N)C(=O)NCCN1CCOCC1)C1CC2CCC1C2. The number of nitriles is 1. The molecule has 1 saturated heterocycles. The van der Waals surface area contributed by atoms with Gasteiger partial charge >= 0.3 is 0 Å². The predicted octanol–water partition coefficient (Wildman–Crippen LogP) is 1.26. The summed E-state index contributed by atoms with van der Waals surface area (Å²) >= 11 is 0. The van der Waals surface area contributed by atoms with E-state index in [1.54, 1.807) is 6.20 Å². The number of amides is 1. The lowest BCUT2D eigenvalue weighted by molar-refractivity contribution is -0.117. The van der Waals surface area contributed by atoms with Crippen molar-refractivity contribution in [2.24, 2.45) is 17.8 Å². The summed E-state index contributed by atoms with van der Waals surface area (Å²) in [5.74, 6) is 2.12. The van der Waals surface area contributed by atoms with Crippen LogP contribution < -0.4 is 10.6 Å². The van der Waals surface area contributed by atoms with Crippen LogP contribution in [0.5, 0.6) is 0 Å². The molecule has 2 saturated carbocycles. The minimum absolute atomic E-state index is 0.164. The number of hydrogen-bond acceptors (Lipinski definition) is 5. The van der Waals surface area contributed by atoms with Crippen molar-refractivity contribution in [2.75, 3.05) is 39.4 Å². The second-order valence-electron chi connectivity index (χ2n) is 7.67. The van der Waals surface area contributed by atoms with E-state index in [1.165, 1.54) is 25.7 Å². The number of carbonyl (C=O) groups is 1. The van der Waals surface area contributed by atoms with Crippen molar-refractivity contribution in [3.8, 4) is 6.07 Å². The predicted molar refractivity (Wildman–Crippen MR) is 95.5 cm³/mol. The van der Waals surface area contributed by atoms with Crippen LogP contribution in [0.1, 0.15) is 32.6 Å². The van der Waals surface area contributed by atoms with Gasteiger partial charge in [0.25, 0.3) is 5.91 Å².